The minimum Gasteiger partial charge on any atom is -0.381 e. The minimum absolute atomic E-state index is 0.454. The molecule has 0 aromatic heterocycles. The summed E-state index contributed by atoms with van der Waals surface area (Å²) in [5, 5.41) is 0. The van der Waals surface area contributed by atoms with Crippen LogP contribution in [0.1, 0.15) is 83.5 Å². The first-order chi connectivity index (χ1) is 9.79. The van der Waals surface area contributed by atoms with Crippen molar-refractivity contribution >= 4 is 11.6 Å². The molecule has 1 saturated heterocycles. The molecule has 3 fully saturated rings. The normalized spacial score (nSPS) is 23.0. The van der Waals surface area contributed by atoms with E-state index in [0.717, 1.165) is 64.6 Å². The number of ether oxygens (including phenoxy) is 1. The summed E-state index contributed by atoms with van der Waals surface area (Å²) < 4.78 is 5.07. The lowest BCUT2D eigenvalue weighted by Crippen LogP contribution is -2.03. The van der Waals surface area contributed by atoms with Gasteiger partial charge in [0.05, 0.1) is 0 Å². The molecule has 0 spiro atoms. The van der Waals surface area contributed by atoms with Crippen molar-refractivity contribution in [2.75, 3.05) is 13.2 Å². The average molecular weight is 282 g/mol. The molecule has 1 aliphatic heterocycles. The van der Waals surface area contributed by atoms with Gasteiger partial charge in [-0.2, -0.15) is 0 Å². The molecule has 0 aromatic carbocycles. The highest BCUT2D eigenvalue weighted by molar-refractivity contribution is 5.80. The quantitative estimate of drug-likeness (QED) is 0.625. The second kappa shape index (κ2) is 12.1. The van der Waals surface area contributed by atoms with E-state index in [4.69, 9.17) is 4.74 Å². The van der Waals surface area contributed by atoms with Crippen molar-refractivity contribution in [3.8, 4) is 0 Å². The van der Waals surface area contributed by atoms with E-state index in [1.54, 1.807) is 0 Å². The van der Waals surface area contributed by atoms with Crippen LogP contribution in [0.5, 0.6) is 0 Å². The number of carbonyl (C=O) groups excluding carboxylic acids is 2. The van der Waals surface area contributed by atoms with Crippen LogP contribution in [0.25, 0.3) is 0 Å². The summed E-state index contributed by atoms with van der Waals surface area (Å²) in [6.07, 6.45) is 14.4. The fraction of sp³-hybridized carbons (Fsp3) is 0.882. The second-order valence-corrected chi connectivity index (χ2v) is 5.87. The Labute approximate surface area is 123 Å². The van der Waals surface area contributed by atoms with Crippen molar-refractivity contribution in [2.45, 2.75) is 83.5 Å². The third-order valence-corrected chi connectivity index (χ3v) is 3.90. The minimum atomic E-state index is 0.454. The first-order valence-corrected chi connectivity index (χ1v) is 8.40. The smallest absolute Gasteiger partial charge is 0.132 e. The summed E-state index contributed by atoms with van der Waals surface area (Å²) in [5.74, 6) is 0.928. The van der Waals surface area contributed by atoms with Crippen molar-refractivity contribution in [3.05, 3.63) is 0 Å². The molecule has 0 amide bonds. The molecule has 116 valence electrons. The van der Waals surface area contributed by atoms with Gasteiger partial charge in [0.2, 0.25) is 0 Å². The van der Waals surface area contributed by atoms with Gasteiger partial charge in [-0.1, -0.05) is 12.8 Å². The molecular weight excluding hydrogens is 252 g/mol. The van der Waals surface area contributed by atoms with E-state index in [9.17, 15) is 9.59 Å². The maximum Gasteiger partial charge on any atom is 0.132 e. The van der Waals surface area contributed by atoms with Gasteiger partial charge in [0.15, 0.2) is 0 Å². The van der Waals surface area contributed by atoms with Gasteiger partial charge in [0, 0.05) is 38.9 Å². The highest BCUT2D eigenvalue weighted by Crippen LogP contribution is 2.13. The maximum absolute atomic E-state index is 10.7. The predicted octanol–water partition coefficient (Wildman–Crippen LogP) is 4.23. The fourth-order valence-electron chi connectivity index (χ4n) is 2.58. The van der Waals surface area contributed by atoms with E-state index in [-0.39, 0.29) is 0 Å². The summed E-state index contributed by atoms with van der Waals surface area (Å²) >= 11 is 0. The number of hydrogen-bond donors (Lipinski definition) is 0. The first kappa shape index (κ1) is 17.4. The zero-order valence-electron chi connectivity index (χ0n) is 12.8. The van der Waals surface area contributed by atoms with Crippen molar-refractivity contribution in [1.82, 2.24) is 0 Å². The molecule has 1 heterocycles. The van der Waals surface area contributed by atoms with Gasteiger partial charge in [0.25, 0.3) is 0 Å². The molecule has 0 N–H and O–H groups in total. The molecule has 3 aliphatic rings. The van der Waals surface area contributed by atoms with Crippen LogP contribution in [0.4, 0.5) is 0 Å². The monoisotopic (exact) mass is 282 g/mol. The van der Waals surface area contributed by atoms with Crippen LogP contribution in [0.2, 0.25) is 0 Å². The van der Waals surface area contributed by atoms with Gasteiger partial charge in [-0.25, -0.2) is 0 Å². The molecule has 20 heavy (non-hydrogen) atoms. The molecule has 0 unspecified atom stereocenters. The molecule has 3 heteroatoms. The number of carbonyl (C=O) groups is 2. The zero-order valence-corrected chi connectivity index (χ0v) is 12.8. The van der Waals surface area contributed by atoms with Crippen molar-refractivity contribution < 1.29 is 14.3 Å². The largest absolute Gasteiger partial charge is 0.381 e. The second-order valence-electron chi connectivity index (χ2n) is 5.87. The molecular formula is C17H30O3. The van der Waals surface area contributed by atoms with Gasteiger partial charge < -0.3 is 4.74 Å². The lowest BCUT2D eigenvalue weighted by Gasteiger charge is -2.08. The van der Waals surface area contributed by atoms with Crippen LogP contribution >= 0.6 is 0 Å². The Hall–Kier alpha value is -0.700. The molecule has 2 aliphatic carbocycles. The summed E-state index contributed by atoms with van der Waals surface area (Å²) in [6, 6.07) is 0. The lowest BCUT2D eigenvalue weighted by molar-refractivity contribution is -0.119. The molecule has 0 bridgehead atoms. The Morgan fingerprint density at radius 1 is 0.500 bits per heavy atom. The highest BCUT2D eigenvalue weighted by atomic mass is 16.5. The fourth-order valence-corrected chi connectivity index (χ4v) is 2.58. The zero-order chi connectivity index (χ0) is 14.5. The molecule has 0 atom stereocenters. The van der Waals surface area contributed by atoms with E-state index >= 15 is 0 Å². The van der Waals surface area contributed by atoms with Crippen molar-refractivity contribution in [2.24, 2.45) is 0 Å². The van der Waals surface area contributed by atoms with E-state index in [2.05, 4.69) is 0 Å². The van der Waals surface area contributed by atoms with Gasteiger partial charge in [-0.3, -0.25) is 9.59 Å². The molecule has 3 rings (SSSR count). The van der Waals surface area contributed by atoms with Crippen LogP contribution in [-0.2, 0) is 14.3 Å². The van der Waals surface area contributed by atoms with E-state index < -0.39 is 0 Å². The third kappa shape index (κ3) is 10.1. The van der Waals surface area contributed by atoms with Gasteiger partial charge in [-0.05, 0) is 44.9 Å². The van der Waals surface area contributed by atoms with Crippen LogP contribution in [-0.4, -0.2) is 24.8 Å². The van der Waals surface area contributed by atoms with Gasteiger partial charge in [-0.15, -0.1) is 0 Å². The van der Waals surface area contributed by atoms with Crippen LogP contribution in [0, 0.1) is 0 Å². The molecule has 0 radical (unpaired) electrons. The standard InChI is InChI=1S/C7H12O.C5H10O.C5H8O/c8-7-5-3-1-2-4-6-7;1-2-4-6-5-3-1;6-5-3-1-2-4-5/h1-6H2;1-5H2;1-4H2. The highest BCUT2D eigenvalue weighted by Gasteiger charge is 2.07. The molecule has 2 saturated carbocycles. The Morgan fingerprint density at radius 2 is 0.850 bits per heavy atom. The first-order valence-electron chi connectivity index (χ1n) is 8.40. The topological polar surface area (TPSA) is 43.4 Å². The van der Waals surface area contributed by atoms with Crippen LogP contribution < -0.4 is 0 Å². The van der Waals surface area contributed by atoms with Gasteiger partial charge in [0.1, 0.15) is 11.6 Å². The van der Waals surface area contributed by atoms with E-state index in [1.165, 1.54) is 32.1 Å². The summed E-state index contributed by atoms with van der Waals surface area (Å²) in [4.78, 5) is 20.9. The van der Waals surface area contributed by atoms with E-state index in [0.29, 0.717) is 11.6 Å². The number of ketones is 2. The number of Topliss-reactive ketones (excluding diaryl/α,β-unsaturated/α-hetero) is 2. The summed E-state index contributed by atoms with van der Waals surface area (Å²) in [7, 11) is 0. The predicted molar refractivity (Wildman–Crippen MR) is 80.9 cm³/mol. The lowest BCUT2D eigenvalue weighted by atomic mass is 10.2. The number of rotatable bonds is 0. The third-order valence-electron chi connectivity index (χ3n) is 3.90. The number of hydrogen-bond acceptors (Lipinski definition) is 3. The Kier molecular flexibility index (Phi) is 10.5. The van der Waals surface area contributed by atoms with Crippen LogP contribution in [0.15, 0.2) is 0 Å². The van der Waals surface area contributed by atoms with Gasteiger partial charge >= 0.3 is 0 Å². The van der Waals surface area contributed by atoms with Crippen molar-refractivity contribution in [3.63, 3.8) is 0 Å². The molecule has 0 aromatic rings. The summed E-state index contributed by atoms with van der Waals surface area (Å²) in [6.45, 7) is 2.00. The maximum atomic E-state index is 10.7. The Balaban J connectivity index is 0.000000152. The van der Waals surface area contributed by atoms with Crippen LogP contribution in [0.3, 0.4) is 0 Å². The Morgan fingerprint density at radius 3 is 1.15 bits per heavy atom. The summed E-state index contributed by atoms with van der Waals surface area (Å²) in [5.41, 5.74) is 0. The average Bonchev–Trinajstić information content (AvgIpc) is 2.84. The van der Waals surface area contributed by atoms with Crippen molar-refractivity contribution in [1.29, 1.82) is 0 Å². The molecule has 3 nitrogen and oxygen atoms in total. The van der Waals surface area contributed by atoms with E-state index in [1.807, 2.05) is 0 Å². The Bertz CT molecular complexity index is 240. The SMILES string of the molecule is C1CCOCC1.O=C1CCCC1.O=C1CCCCCC1.